The third kappa shape index (κ3) is 7.66. The van der Waals surface area contributed by atoms with Gasteiger partial charge in [0.15, 0.2) is 0 Å². The highest BCUT2D eigenvalue weighted by Gasteiger charge is 2.30. The SMILES string of the molecule is C=C/C(C)=C(O)\C=C(\C)Cc1cc(C)c(O)c(C(c2ccc(-c3ccccc3)cc2)c2c(C)c(Cc3cc(C)c(O)cc3C)cc(C)c2O)c1C. The lowest BCUT2D eigenvalue weighted by Gasteiger charge is -2.28. The van der Waals surface area contributed by atoms with Gasteiger partial charge in [-0.3, -0.25) is 0 Å². The molecule has 5 rings (SSSR count). The van der Waals surface area contributed by atoms with Crippen LogP contribution in [0.3, 0.4) is 0 Å². The van der Waals surface area contributed by atoms with Gasteiger partial charge in [0, 0.05) is 17.0 Å². The molecule has 0 heterocycles. The van der Waals surface area contributed by atoms with Crippen molar-refractivity contribution in [2.75, 3.05) is 0 Å². The Labute approximate surface area is 303 Å². The van der Waals surface area contributed by atoms with Crippen LogP contribution in [0.25, 0.3) is 11.1 Å². The van der Waals surface area contributed by atoms with Crippen molar-refractivity contribution in [1.82, 2.24) is 0 Å². The second kappa shape index (κ2) is 15.2. The molecule has 0 spiro atoms. The van der Waals surface area contributed by atoms with Crippen LogP contribution in [0, 0.1) is 41.5 Å². The fraction of sp³-hybridized carbons (Fsp3) is 0.234. The molecular weight excluding hydrogens is 629 g/mol. The lowest BCUT2D eigenvalue weighted by molar-refractivity contribution is 0.426. The highest BCUT2D eigenvalue weighted by Crippen LogP contribution is 2.47. The molecule has 1 unspecified atom stereocenters. The summed E-state index contributed by atoms with van der Waals surface area (Å²) in [5, 5.41) is 44.9. The van der Waals surface area contributed by atoms with E-state index in [2.05, 4.69) is 56.0 Å². The van der Waals surface area contributed by atoms with Crippen molar-refractivity contribution >= 4 is 0 Å². The van der Waals surface area contributed by atoms with Crippen molar-refractivity contribution in [3.63, 3.8) is 0 Å². The summed E-state index contributed by atoms with van der Waals surface area (Å²) in [6.07, 6.45) is 4.60. The summed E-state index contributed by atoms with van der Waals surface area (Å²) in [7, 11) is 0. The minimum Gasteiger partial charge on any atom is -0.508 e. The predicted octanol–water partition coefficient (Wildman–Crippen LogP) is 11.6. The Hall–Kier alpha value is -5.48. The van der Waals surface area contributed by atoms with Crippen molar-refractivity contribution in [3.8, 4) is 28.4 Å². The molecule has 0 saturated heterocycles. The Balaban J connectivity index is 1.76. The van der Waals surface area contributed by atoms with E-state index in [0.29, 0.717) is 18.4 Å². The molecule has 0 saturated carbocycles. The third-order valence-electron chi connectivity index (χ3n) is 10.3. The topological polar surface area (TPSA) is 80.9 Å². The van der Waals surface area contributed by atoms with Crippen molar-refractivity contribution in [3.05, 3.63) is 181 Å². The monoisotopic (exact) mass is 678 g/mol. The van der Waals surface area contributed by atoms with Crippen LogP contribution in [0.4, 0.5) is 0 Å². The average molecular weight is 679 g/mol. The Kier molecular flexibility index (Phi) is 11.0. The number of aliphatic hydroxyl groups excluding tert-OH is 1. The van der Waals surface area contributed by atoms with Crippen LogP contribution in [0.5, 0.6) is 17.2 Å². The van der Waals surface area contributed by atoms with Crippen LogP contribution in [0.2, 0.25) is 0 Å². The molecule has 0 aromatic heterocycles. The maximum absolute atomic E-state index is 12.0. The van der Waals surface area contributed by atoms with E-state index in [9.17, 15) is 20.4 Å². The molecule has 0 aliphatic rings. The van der Waals surface area contributed by atoms with Crippen molar-refractivity contribution in [2.24, 2.45) is 0 Å². The zero-order chi connectivity index (χ0) is 37.1. The minimum atomic E-state index is -0.490. The molecule has 0 fully saturated rings. The molecule has 262 valence electrons. The summed E-state index contributed by atoms with van der Waals surface area (Å²) in [6, 6.07) is 26.6. The van der Waals surface area contributed by atoms with Crippen LogP contribution in [0.15, 0.2) is 114 Å². The van der Waals surface area contributed by atoms with Crippen molar-refractivity contribution in [2.45, 2.75) is 74.1 Å². The first-order valence-electron chi connectivity index (χ1n) is 17.5. The number of hydrogen-bond donors (Lipinski definition) is 4. The molecule has 0 bridgehead atoms. The van der Waals surface area contributed by atoms with E-state index < -0.39 is 5.92 Å². The van der Waals surface area contributed by atoms with E-state index in [4.69, 9.17) is 0 Å². The van der Waals surface area contributed by atoms with Crippen LogP contribution < -0.4 is 0 Å². The average Bonchev–Trinajstić information content (AvgIpc) is 3.11. The summed E-state index contributed by atoms with van der Waals surface area (Å²) in [5.74, 6) is 0.379. The van der Waals surface area contributed by atoms with E-state index in [-0.39, 0.29) is 23.0 Å². The molecule has 5 aromatic carbocycles. The Morgan fingerprint density at radius 3 is 1.76 bits per heavy atom. The van der Waals surface area contributed by atoms with Crippen LogP contribution in [0.1, 0.15) is 86.5 Å². The number of phenolic OH excluding ortho intramolecular Hbond substituents is 3. The lowest BCUT2D eigenvalue weighted by atomic mass is 9.76. The Morgan fingerprint density at radius 2 is 1.18 bits per heavy atom. The second-order valence-corrected chi connectivity index (χ2v) is 14.1. The van der Waals surface area contributed by atoms with Gasteiger partial charge in [-0.1, -0.05) is 91.0 Å². The van der Waals surface area contributed by atoms with Gasteiger partial charge in [-0.15, -0.1) is 0 Å². The molecule has 4 heteroatoms. The first-order chi connectivity index (χ1) is 24.2. The summed E-state index contributed by atoms with van der Waals surface area (Å²) < 4.78 is 0. The van der Waals surface area contributed by atoms with Crippen molar-refractivity contribution < 1.29 is 20.4 Å². The molecule has 0 aliphatic carbocycles. The third-order valence-corrected chi connectivity index (χ3v) is 10.3. The van der Waals surface area contributed by atoms with Gasteiger partial charge in [-0.25, -0.2) is 0 Å². The highest BCUT2D eigenvalue weighted by atomic mass is 16.3. The van der Waals surface area contributed by atoms with Gasteiger partial charge in [0.05, 0.1) is 0 Å². The zero-order valence-corrected chi connectivity index (χ0v) is 31.1. The standard InChI is InChI=1S/C47H50O4/c1-10-28(3)41(48)21-27(2)20-39-23-31(6)46(50)43(33(39)8)45(37-18-16-36(17-19-37)35-14-12-11-13-15-35)44-34(9)40(24-32(7)47(44)51)26-38-22-30(5)42(49)25-29(38)4/h10-19,21-25,45,48-51H,1,20,26H2,2-9H3/b27-21-,41-28+. The number of allylic oxidation sites excluding steroid dienone is 4. The summed E-state index contributed by atoms with van der Waals surface area (Å²) in [6.45, 7) is 19.5. The molecular formula is C47H50O4. The molecule has 4 N–H and O–H groups in total. The predicted molar refractivity (Wildman–Crippen MR) is 211 cm³/mol. The molecule has 0 aliphatic heterocycles. The number of benzene rings is 5. The van der Waals surface area contributed by atoms with E-state index in [1.165, 1.54) is 0 Å². The minimum absolute atomic E-state index is 0.180. The second-order valence-electron chi connectivity index (χ2n) is 14.1. The number of phenols is 3. The number of aromatic hydroxyl groups is 3. The van der Waals surface area contributed by atoms with Crippen molar-refractivity contribution in [1.29, 1.82) is 0 Å². The summed E-state index contributed by atoms with van der Waals surface area (Å²) in [4.78, 5) is 0. The largest absolute Gasteiger partial charge is 0.508 e. The molecule has 0 amide bonds. The van der Waals surface area contributed by atoms with Gasteiger partial charge in [0.1, 0.15) is 23.0 Å². The number of aryl methyl sites for hydroxylation is 4. The molecule has 0 radical (unpaired) electrons. The maximum atomic E-state index is 12.0. The van der Waals surface area contributed by atoms with Crippen LogP contribution >= 0.6 is 0 Å². The van der Waals surface area contributed by atoms with Gasteiger partial charge in [0.25, 0.3) is 0 Å². The van der Waals surface area contributed by atoms with Gasteiger partial charge in [-0.2, -0.15) is 0 Å². The molecule has 4 nitrogen and oxygen atoms in total. The van der Waals surface area contributed by atoms with Crippen LogP contribution in [-0.2, 0) is 12.8 Å². The summed E-state index contributed by atoms with van der Waals surface area (Å²) in [5.41, 5.74) is 14.7. The fourth-order valence-corrected chi connectivity index (χ4v) is 7.11. The smallest absolute Gasteiger partial charge is 0.122 e. The first kappa shape index (κ1) is 36.8. The van der Waals surface area contributed by atoms with Gasteiger partial charge < -0.3 is 20.4 Å². The fourth-order valence-electron chi connectivity index (χ4n) is 7.11. The lowest BCUT2D eigenvalue weighted by Crippen LogP contribution is -2.12. The van der Waals surface area contributed by atoms with Gasteiger partial charge in [-0.05, 0) is 153 Å². The van der Waals surface area contributed by atoms with E-state index in [1.54, 1.807) is 12.2 Å². The Bertz CT molecular complexity index is 2170. The Morgan fingerprint density at radius 1 is 0.647 bits per heavy atom. The quantitative estimate of drug-likeness (QED) is 0.0673. The van der Waals surface area contributed by atoms with E-state index >= 15 is 0 Å². The number of aliphatic hydroxyl groups is 1. The van der Waals surface area contributed by atoms with Gasteiger partial charge in [0.2, 0.25) is 0 Å². The normalized spacial score (nSPS) is 12.8. The zero-order valence-electron chi connectivity index (χ0n) is 31.1. The summed E-state index contributed by atoms with van der Waals surface area (Å²) >= 11 is 0. The van der Waals surface area contributed by atoms with Gasteiger partial charge >= 0.3 is 0 Å². The number of hydrogen-bond acceptors (Lipinski definition) is 4. The number of rotatable bonds is 10. The maximum Gasteiger partial charge on any atom is 0.122 e. The highest BCUT2D eigenvalue weighted by molar-refractivity contribution is 5.67. The molecule has 5 aromatic rings. The molecule has 1 atom stereocenters. The van der Waals surface area contributed by atoms with E-state index in [1.807, 2.05) is 84.9 Å². The van der Waals surface area contributed by atoms with E-state index in [0.717, 1.165) is 83.5 Å². The first-order valence-corrected chi connectivity index (χ1v) is 17.5. The van der Waals surface area contributed by atoms with Crippen LogP contribution in [-0.4, -0.2) is 20.4 Å². The molecule has 51 heavy (non-hydrogen) atoms.